The zero-order valence-electron chi connectivity index (χ0n) is 8.27. The zero-order chi connectivity index (χ0) is 11.9. The molecule has 0 spiro atoms. The van der Waals surface area contributed by atoms with Gasteiger partial charge in [0, 0.05) is 10.7 Å². The summed E-state index contributed by atoms with van der Waals surface area (Å²) in [5.74, 6) is -0.968. The number of fused-ring (bicyclic) bond motifs is 1. The van der Waals surface area contributed by atoms with E-state index in [1.807, 2.05) is 0 Å². The van der Waals surface area contributed by atoms with Crippen molar-refractivity contribution < 1.29 is 9.90 Å². The van der Waals surface area contributed by atoms with Crippen LogP contribution in [0.1, 0.15) is 13.0 Å². The van der Waals surface area contributed by atoms with E-state index in [2.05, 4.69) is 26.1 Å². The summed E-state index contributed by atoms with van der Waals surface area (Å²) in [4.78, 5) is 22.4. The molecule has 0 aromatic carbocycles. The van der Waals surface area contributed by atoms with Gasteiger partial charge in [-0.2, -0.15) is 5.10 Å². The number of nitrogens with one attached hydrogen (secondary N) is 1. The SMILES string of the molecule is CC(C(=O)O)n1cc(Br)c2c(=O)[nH]ncc21. The highest BCUT2D eigenvalue weighted by molar-refractivity contribution is 9.10. The van der Waals surface area contributed by atoms with Gasteiger partial charge in [-0.15, -0.1) is 0 Å². The van der Waals surface area contributed by atoms with Crippen molar-refractivity contribution in [1.82, 2.24) is 14.8 Å². The molecule has 2 rings (SSSR count). The quantitative estimate of drug-likeness (QED) is 0.866. The van der Waals surface area contributed by atoms with Gasteiger partial charge in [-0.3, -0.25) is 4.79 Å². The van der Waals surface area contributed by atoms with Crippen molar-refractivity contribution in [3.63, 3.8) is 0 Å². The standard InChI is InChI=1S/C9H8BrN3O3/c1-4(9(15)16)13-3-5(10)7-6(13)2-11-12-8(7)14/h2-4H,1H3,(H,12,14)(H,15,16). The lowest BCUT2D eigenvalue weighted by atomic mass is 10.3. The van der Waals surface area contributed by atoms with Crippen molar-refractivity contribution in [1.29, 1.82) is 0 Å². The van der Waals surface area contributed by atoms with Gasteiger partial charge >= 0.3 is 5.97 Å². The summed E-state index contributed by atoms with van der Waals surface area (Å²) in [5, 5.41) is 15.3. The Labute approximate surface area is 98.0 Å². The third kappa shape index (κ3) is 1.53. The molecule has 0 bridgehead atoms. The average molecular weight is 286 g/mol. The fourth-order valence-corrected chi connectivity index (χ4v) is 2.11. The Balaban J connectivity index is 2.79. The molecule has 16 heavy (non-hydrogen) atoms. The molecule has 2 heterocycles. The molecule has 1 atom stereocenters. The molecule has 0 aliphatic heterocycles. The Morgan fingerprint density at radius 2 is 2.38 bits per heavy atom. The van der Waals surface area contributed by atoms with Gasteiger partial charge < -0.3 is 9.67 Å². The normalized spacial score (nSPS) is 12.9. The van der Waals surface area contributed by atoms with Crippen LogP contribution in [0.25, 0.3) is 10.9 Å². The number of aliphatic carboxylic acids is 1. The second-order valence-corrected chi connectivity index (χ2v) is 4.21. The molecule has 0 aliphatic carbocycles. The van der Waals surface area contributed by atoms with Crippen molar-refractivity contribution in [3.8, 4) is 0 Å². The van der Waals surface area contributed by atoms with E-state index in [-0.39, 0.29) is 5.56 Å². The van der Waals surface area contributed by atoms with Crippen LogP contribution < -0.4 is 5.56 Å². The molecule has 0 fully saturated rings. The molecule has 7 heteroatoms. The molecule has 2 aromatic heterocycles. The molecule has 0 saturated carbocycles. The summed E-state index contributed by atoms with van der Waals surface area (Å²) in [6.45, 7) is 1.54. The van der Waals surface area contributed by atoms with Gasteiger partial charge in [0.1, 0.15) is 6.04 Å². The molecule has 0 amide bonds. The number of halogens is 1. The molecule has 1 unspecified atom stereocenters. The maximum Gasteiger partial charge on any atom is 0.326 e. The molecule has 2 aromatic rings. The lowest BCUT2D eigenvalue weighted by Crippen LogP contribution is -2.15. The highest BCUT2D eigenvalue weighted by Gasteiger charge is 2.18. The van der Waals surface area contributed by atoms with Crippen LogP contribution in [0.2, 0.25) is 0 Å². The second-order valence-electron chi connectivity index (χ2n) is 3.36. The molecular formula is C9H8BrN3O3. The van der Waals surface area contributed by atoms with E-state index in [1.54, 1.807) is 6.20 Å². The van der Waals surface area contributed by atoms with Crippen LogP contribution in [0.3, 0.4) is 0 Å². The van der Waals surface area contributed by atoms with Crippen LogP contribution in [0, 0.1) is 0 Å². The van der Waals surface area contributed by atoms with Gasteiger partial charge in [-0.1, -0.05) is 0 Å². The number of carboxylic acids is 1. The summed E-state index contributed by atoms with van der Waals surface area (Å²) in [7, 11) is 0. The van der Waals surface area contributed by atoms with Gasteiger partial charge in [-0.05, 0) is 22.9 Å². The lowest BCUT2D eigenvalue weighted by molar-refractivity contribution is -0.140. The minimum atomic E-state index is -0.968. The monoisotopic (exact) mass is 285 g/mol. The Morgan fingerprint density at radius 1 is 1.69 bits per heavy atom. The fourth-order valence-electron chi connectivity index (χ4n) is 1.51. The lowest BCUT2D eigenvalue weighted by Gasteiger charge is -2.08. The number of aromatic nitrogens is 3. The first-order chi connectivity index (χ1) is 7.52. The Bertz CT molecular complexity index is 616. The highest BCUT2D eigenvalue weighted by atomic mass is 79.9. The number of carboxylic acid groups (broad SMARTS) is 1. The smallest absolute Gasteiger partial charge is 0.326 e. The number of hydrogen-bond donors (Lipinski definition) is 2. The van der Waals surface area contributed by atoms with Crippen molar-refractivity contribution in [2.75, 3.05) is 0 Å². The predicted molar refractivity (Wildman–Crippen MR) is 60.4 cm³/mol. The average Bonchev–Trinajstić information content (AvgIpc) is 2.56. The third-order valence-electron chi connectivity index (χ3n) is 2.38. The van der Waals surface area contributed by atoms with Crippen LogP contribution in [-0.2, 0) is 4.79 Å². The summed E-state index contributed by atoms with van der Waals surface area (Å²) in [6, 6.07) is -0.752. The molecule has 0 radical (unpaired) electrons. The van der Waals surface area contributed by atoms with Crippen molar-refractivity contribution in [2.24, 2.45) is 0 Å². The van der Waals surface area contributed by atoms with Gasteiger partial charge in [0.2, 0.25) is 0 Å². The second kappa shape index (κ2) is 3.75. The predicted octanol–water partition coefficient (Wildman–Crippen LogP) is 1.13. The number of H-pyrrole nitrogens is 1. The zero-order valence-corrected chi connectivity index (χ0v) is 9.85. The van der Waals surface area contributed by atoms with Gasteiger partial charge in [0.15, 0.2) is 0 Å². The Kier molecular flexibility index (Phi) is 2.55. The largest absolute Gasteiger partial charge is 0.480 e. The summed E-state index contributed by atoms with van der Waals surface area (Å²) >= 11 is 3.22. The molecule has 0 saturated heterocycles. The number of nitrogens with zero attached hydrogens (tertiary/aromatic N) is 2. The Morgan fingerprint density at radius 3 is 3.00 bits per heavy atom. The third-order valence-corrected chi connectivity index (χ3v) is 2.98. The first kappa shape index (κ1) is 10.9. The van der Waals surface area contributed by atoms with Gasteiger partial charge in [0.05, 0.1) is 17.1 Å². The van der Waals surface area contributed by atoms with Crippen LogP contribution in [0.4, 0.5) is 0 Å². The number of aromatic amines is 1. The minimum absolute atomic E-state index is 0.347. The summed E-state index contributed by atoms with van der Waals surface area (Å²) in [5.41, 5.74) is 0.145. The first-order valence-electron chi connectivity index (χ1n) is 4.49. The van der Waals surface area contributed by atoms with E-state index in [0.29, 0.717) is 15.4 Å². The van der Waals surface area contributed by atoms with Gasteiger partial charge in [-0.25, -0.2) is 9.89 Å². The van der Waals surface area contributed by atoms with Crippen molar-refractivity contribution in [3.05, 3.63) is 27.2 Å². The minimum Gasteiger partial charge on any atom is -0.480 e. The maximum atomic E-state index is 11.5. The topological polar surface area (TPSA) is 88.0 Å². The number of rotatable bonds is 2. The number of hydrogen-bond acceptors (Lipinski definition) is 3. The van der Waals surface area contributed by atoms with Crippen LogP contribution in [0.5, 0.6) is 0 Å². The van der Waals surface area contributed by atoms with E-state index in [9.17, 15) is 9.59 Å². The van der Waals surface area contributed by atoms with Crippen LogP contribution in [-0.4, -0.2) is 25.8 Å². The van der Waals surface area contributed by atoms with E-state index in [1.165, 1.54) is 17.7 Å². The summed E-state index contributed by atoms with van der Waals surface area (Å²) in [6.07, 6.45) is 3.00. The molecule has 0 aliphatic rings. The molecular weight excluding hydrogens is 278 g/mol. The van der Waals surface area contributed by atoms with Crippen molar-refractivity contribution in [2.45, 2.75) is 13.0 Å². The molecule has 84 valence electrons. The molecule has 6 nitrogen and oxygen atoms in total. The van der Waals surface area contributed by atoms with E-state index < -0.39 is 12.0 Å². The Hall–Kier alpha value is -1.63. The van der Waals surface area contributed by atoms with Crippen LogP contribution >= 0.6 is 15.9 Å². The highest BCUT2D eigenvalue weighted by Crippen LogP contribution is 2.25. The van der Waals surface area contributed by atoms with E-state index >= 15 is 0 Å². The molecule has 2 N–H and O–H groups in total. The fraction of sp³-hybridized carbons (Fsp3) is 0.222. The van der Waals surface area contributed by atoms with Crippen molar-refractivity contribution >= 4 is 32.8 Å². The van der Waals surface area contributed by atoms with E-state index in [4.69, 9.17) is 5.11 Å². The summed E-state index contributed by atoms with van der Waals surface area (Å²) < 4.78 is 2.04. The van der Waals surface area contributed by atoms with Crippen LogP contribution in [0.15, 0.2) is 21.7 Å². The maximum absolute atomic E-state index is 11.5. The van der Waals surface area contributed by atoms with E-state index in [0.717, 1.165) is 0 Å². The number of carbonyl (C=O) groups is 1. The van der Waals surface area contributed by atoms with Gasteiger partial charge in [0.25, 0.3) is 5.56 Å². The first-order valence-corrected chi connectivity index (χ1v) is 5.28.